The quantitative estimate of drug-likeness (QED) is 0.592. The largest absolute Gasteiger partial charge is 0.462 e. The number of nitrogens with zero attached hydrogens (tertiary/aromatic N) is 1. The zero-order valence-corrected chi connectivity index (χ0v) is 13.1. The summed E-state index contributed by atoms with van der Waals surface area (Å²) in [5.41, 5.74) is 0. The van der Waals surface area contributed by atoms with Crippen LogP contribution in [0.2, 0.25) is 0 Å². The van der Waals surface area contributed by atoms with Gasteiger partial charge in [-0.1, -0.05) is 19.3 Å². The minimum atomic E-state index is 0.0498. The van der Waals surface area contributed by atoms with Crippen LogP contribution in [-0.4, -0.2) is 42.0 Å². The van der Waals surface area contributed by atoms with Crippen LogP contribution in [0.25, 0.3) is 0 Å². The van der Waals surface area contributed by atoms with Crippen LogP contribution >= 0.6 is 11.6 Å². The zero-order valence-electron chi connectivity index (χ0n) is 12.4. The fourth-order valence-corrected chi connectivity index (χ4v) is 4.86. The molecule has 2 saturated heterocycles. The van der Waals surface area contributed by atoms with Gasteiger partial charge in [-0.2, -0.15) is 0 Å². The van der Waals surface area contributed by atoms with Crippen molar-refractivity contribution in [1.29, 1.82) is 0 Å². The molecule has 1 unspecified atom stereocenters. The predicted molar refractivity (Wildman–Crippen MR) is 79.9 cm³/mol. The van der Waals surface area contributed by atoms with Gasteiger partial charge in [0.1, 0.15) is 6.10 Å². The molecule has 2 bridgehead atoms. The van der Waals surface area contributed by atoms with Crippen molar-refractivity contribution >= 4 is 17.6 Å². The van der Waals surface area contributed by atoms with E-state index < -0.39 is 0 Å². The van der Waals surface area contributed by atoms with Crippen LogP contribution in [0, 0.1) is 11.8 Å². The van der Waals surface area contributed by atoms with E-state index in [1.165, 1.54) is 32.1 Å². The van der Waals surface area contributed by atoms with Gasteiger partial charge in [-0.25, -0.2) is 0 Å². The monoisotopic (exact) mass is 299 g/mol. The molecule has 0 radical (unpaired) electrons. The molecule has 0 amide bonds. The smallest absolute Gasteiger partial charge is 0.309 e. The van der Waals surface area contributed by atoms with Crippen molar-refractivity contribution in [3.8, 4) is 0 Å². The lowest BCUT2D eigenvalue weighted by molar-refractivity contribution is -0.162. The van der Waals surface area contributed by atoms with Crippen molar-refractivity contribution in [2.75, 3.05) is 12.9 Å². The average molecular weight is 300 g/mol. The van der Waals surface area contributed by atoms with Crippen LogP contribution in [0.1, 0.15) is 51.4 Å². The van der Waals surface area contributed by atoms with Gasteiger partial charge in [0.05, 0.1) is 5.92 Å². The highest BCUT2D eigenvalue weighted by Gasteiger charge is 2.47. The first kappa shape index (κ1) is 14.6. The number of piperidine rings is 1. The molecular formula is C16H26ClNO2. The topological polar surface area (TPSA) is 29.5 Å². The Balaban J connectivity index is 1.62. The van der Waals surface area contributed by atoms with Gasteiger partial charge in [0.2, 0.25) is 0 Å². The molecule has 3 fully saturated rings. The Morgan fingerprint density at radius 3 is 2.65 bits per heavy atom. The molecule has 3 aliphatic rings. The van der Waals surface area contributed by atoms with Gasteiger partial charge >= 0.3 is 5.97 Å². The van der Waals surface area contributed by atoms with Gasteiger partial charge in [0, 0.05) is 30.3 Å². The Morgan fingerprint density at radius 1 is 1.20 bits per heavy atom. The lowest BCUT2D eigenvalue weighted by Gasteiger charge is -2.42. The van der Waals surface area contributed by atoms with Crippen LogP contribution < -0.4 is 0 Å². The first-order chi connectivity index (χ1) is 9.70. The number of hydrogen-bond acceptors (Lipinski definition) is 3. The van der Waals surface area contributed by atoms with E-state index in [1.807, 2.05) is 0 Å². The number of halogens is 1. The van der Waals surface area contributed by atoms with Crippen molar-refractivity contribution in [3.63, 3.8) is 0 Å². The van der Waals surface area contributed by atoms with E-state index in [4.69, 9.17) is 16.3 Å². The van der Waals surface area contributed by atoms with Crippen molar-refractivity contribution in [2.24, 2.45) is 11.8 Å². The second-order valence-corrected chi connectivity index (χ2v) is 7.14. The molecule has 2 heterocycles. The molecule has 3 rings (SSSR count). The standard InChI is InChI=1S/C16H26ClNO2/c1-18-12-7-8-14(18)13(10-17)15(9-12)20-16(19)11-5-3-2-4-6-11/h11-15H,2-10H2,1H3/t12-,13-,14?,15+/m1/s1. The summed E-state index contributed by atoms with van der Waals surface area (Å²) in [6.45, 7) is 0. The fourth-order valence-electron chi connectivity index (χ4n) is 4.45. The lowest BCUT2D eigenvalue weighted by atomic mass is 9.87. The molecule has 0 aromatic carbocycles. The summed E-state index contributed by atoms with van der Waals surface area (Å²) in [5.74, 6) is 1.11. The number of hydrogen-bond donors (Lipinski definition) is 0. The van der Waals surface area contributed by atoms with Gasteiger partial charge in [0.25, 0.3) is 0 Å². The summed E-state index contributed by atoms with van der Waals surface area (Å²) in [7, 11) is 2.20. The fraction of sp³-hybridized carbons (Fsp3) is 0.938. The van der Waals surface area contributed by atoms with E-state index in [0.717, 1.165) is 19.3 Å². The summed E-state index contributed by atoms with van der Waals surface area (Å²) in [5, 5.41) is 0. The molecule has 3 nitrogen and oxygen atoms in total. The van der Waals surface area contributed by atoms with Gasteiger partial charge in [-0.3, -0.25) is 9.69 Å². The number of carbonyl (C=O) groups is 1. The first-order valence-electron chi connectivity index (χ1n) is 8.19. The second-order valence-electron chi connectivity index (χ2n) is 6.83. The Hall–Kier alpha value is -0.280. The Morgan fingerprint density at radius 2 is 1.95 bits per heavy atom. The lowest BCUT2D eigenvalue weighted by Crippen LogP contribution is -2.51. The third-order valence-corrected chi connectivity index (χ3v) is 6.11. The maximum absolute atomic E-state index is 12.4. The van der Waals surface area contributed by atoms with Crippen molar-refractivity contribution in [3.05, 3.63) is 0 Å². The van der Waals surface area contributed by atoms with Crippen LogP contribution in [0.5, 0.6) is 0 Å². The number of carbonyl (C=O) groups excluding carboxylic acids is 1. The third kappa shape index (κ3) is 2.71. The van der Waals surface area contributed by atoms with Crippen LogP contribution in [0.3, 0.4) is 0 Å². The molecule has 2 aliphatic heterocycles. The highest BCUT2D eigenvalue weighted by atomic mass is 35.5. The number of alkyl halides is 1. The van der Waals surface area contributed by atoms with Crippen molar-refractivity contribution in [1.82, 2.24) is 4.90 Å². The molecule has 0 aromatic rings. The molecule has 1 saturated carbocycles. The van der Waals surface area contributed by atoms with Crippen molar-refractivity contribution in [2.45, 2.75) is 69.6 Å². The average Bonchev–Trinajstić information content (AvgIpc) is 2.73. The Kier molecular flexibility index (Phi) is 4.56. The number of rotatable bonds is 3. The molecular weight excluding hydrogens is 274 g/mol. The number of esters is 1. The first-order valence-corrected chi connectivity index (χ1v) is 8.72. The minimum absolute atomic E-state index is 0.0498. The Labute approximate surface area is 127 Å². The van der Waals surface area contributed by atoms with E-state index in [9.17, 15) is 4.79 Å². The van der Waals surface area contributed by atoms with Crippen LogP contribution in [-0.2, 0) is 9.53 Å². The zero-order chi connectivity index (χ0) is 14.1. The number of ether oxygens (including phenoxy) is 1. The van der Waals surface area contributed by atoms with E-state index >= 15 is 0 Å². The molecule has 0 aromatic heterocycles. The molecule has 114 valence electrons. The van der Waals surface area contributed by atoms with Gasteiger partial charge in [0.15, 0.2) is 0 Å². The summed E-state index contributed by atoms with van der Waals surface area (Å²) in [6, 6.07) is 1.10. The summed E-state index contributed by atoms with van der Waals surface area (Å²) in [6.07, 6.45) is 9.12. The molecule has 0 spiro atoms. The van der Waals surface area contributed by atoms with Gasteiger partial charge < -0.3 is 4.74 Å². The maximum atomic E-state index is 12.4. The van der Waals surface area contributed by atoms with E-state index in [2.05, 4.69) is 11.9 Å². The minimum Gasteiger partial charge on any atom is -0.462 e. The van der Waals surface area contributed by atoms with E-state index in [0.29, 0.717) is 23.9 Å². The maximum Gasteiger partial charge on any atom is 0.309 e. The van der Waals surface area contributed by atoms with Crippen molar-refractivity contribution < 1.29 is 9.53 Å². The molecule has 4 atom stereocenters. The van der Waals surface area contributed by atoms with Gasteiger partial charge in [-0.15, -0.1) is 11.6 Å². The van der Waals surface area contributed by atoms with Crippen LogP contribution in [0.15, 0.2) is 0 Å². The van der Waals surface area contributed by atoms with Crippen LogP contribution in [0.4, 0.5) is 0 Å². The predicted octanol–water partition coefficient (Wildman–Crippen LogP) is 3.20. The highest BCUT2D eigenvalue weighted by molar-refractivity contribution is 6.18. The molecule has 4 heteroatoms. The third-order valence-electron chi connectivity index (χ3n) is 5.76. The molecule has 0 N–H and O–H groups in total. The number of fused-ring (bicyclic) bond motifs is 2. The Bertz CT molecular complexity index is 356. The van der Waals surface area contributed by atoms with E-state index in [-0.39, 0.29) is 18.0 Å². The summed E-state index contributed by atoms with van der Waals surface area (Å²) in [4.78, 5) is 14.8. The SMILES string of the molecule is CN1C2CC[C@@H]1C[C@H](OC(=O)C1CCCCC1)[C@@H]2CCl. The van der Waals surface area contributed by atoms with E-state index in [1.54, 1.807) is 0 Å². The highest BCUT2D eigenvalue weighted by Crippen LogP contribution is 2.40. The second kappa shape index (κ2) is 6.23. The molecule has 20 heavy (non-hydrogen) atoms. The summed E-state index contributed by atoms with van der Waals surface area (Å²) < 4.78 is 5.91. The summed E-state index contributed by atoms with van der Waals surface area (Å²) >= 11 is 6.18. The molecule has 1 aliphatic carbocycles. The normalized spacial score (nSPS) is 38.9. The van der Waals surface area contributed by atoms with Gasteiger partial charge in [-0.05, 0) is 32.7 Å².